The monoisotopic (exact) mass is 440 g/mol. The topological polar surface area (TPSA) is 77.6 Å². The van der Waals surface area contributed by atoms with Crippen LogP contribution in [0.15, 0.2) is 30.6 Å². The van der Waals surface area contributed by atoms with Crippen molar-refractivity contribution in [3.63, 3.8) is 0 Å². The molecule has 0 saturated carbocycles. The van der Waals surface area contributed by atoms with Crippen molar-refractivity contribution in [3.05, 3.63) is 53.2 Å². The van der Waals surface area contributed by atoms with E-state index in [0.29, 0.717) is 30.8 Å². The molecule has 7 nitrogen and oxygen atoms in total. The van der Waals surface area contributed by atoms with Crippen molar-refractivity contribution in [1.82, 2.24) is 29.9 Å². The highest BCUT2D eigenvalue weighted by Crippen LogP contribution is 2.33. The van der Waals surface area contributed by atoms with Gasteiger partial charge in [0.1, 0.15) is 11.4 Å². The Balaban J connectivity index is 1.61. The lowest BCUT2D eigenvalue weighted by molar-refractivity contribution is -0.141. The normalized spacial score (nSPS) is 16.4. The number of nitrogens with one attached hydrogen (secondary N) is 1. The Kier molecular flexibility index (Phi) is 5.23. The Morgan fingerprint density at radius 2 is 2.03 bits per heavy atom. The lowest BCUT2D eigenvalue weighted by Gasteiger charge is -2.24. The molecular weight excluding hydrogens is 423 g/mol. The molecule has 1 aliphatic rings. The fourth-order valence-corrected chi connectivity index (χ4v) is 3.59. The van der Waals surface area contributed by atoms with E-state index in [1.807, 2.05) is 0 Å². The lowest BCUT2D eigenvalue weighted by atomic mass is 10.0. The van der Waals surface area contributed by atoms with Gasteiger partial charge in [-0.2, -0.15) is 23.4 Å². The fraction of sp³-hybridized carbons (Fsp3) is 0.368. The lowest BCUT2D eigenvalue weighted by Crippen LogP contribution is -2.33. The molecule has 1 amide bonds. The molecule has 0 aliphatic carbocycles. The van der Waals surface area contributed by atoms with Crippen LogP contribution < -0.4 is 5.32 Å². The van der Waals surface area contributed by atoms with Crippen LogP contribution in [0.5, 0.6) is 0 Å². The predicted molar refractivity (Wildman–Crippen MR) is 98.1 cm³/mol. The molecule has 3 aromatic heterocycles. The van der Waals surface area contributed by atoms with Crippen molar-refractivity contribution in [1.29, 1.82) is 0 Å². The second kappa shape index (κ2) is 7.75. The maximum absolute atomic E-state index is 13.2. The van der Waals surface area contributed by atoms with Gasteiger partial charge in [-0.05, 0) is 31.0 Å². The smallest absolute Gasteiger partial charge is 0.344 e. The van der Waals surface area contributed by atoms with Crippen LogP contribution in [-0.4, -0.2) is 30.5 Å². The Hall–Kier alpha value is -3.31. The summed E-state index contributed by atoms with van der Waals surface area (Å²) in [6.07, 6.45) is -4.02. The minimum Gasteiger partial charge on any atom is -0.344 e. The van der Waals surface area contributed by atoms with Crippen molar-refractivity contribution < 1.29 is 26.7 Å². The highest BCUT2D eigenvalue weighted by Gasteiger charge is 2.33. The number of carbonyl (C=O) groups excluding carboxylic acids is 1. The van der Waals surface area contributed by atoms with Gasteiger partial charge < -0.3 is 5.32 Å². The summed E-state index contributed by atoms with van der Waals surface area (Å²) >= 11 is 0. The quantitative estimate of drug-likeness (QED) is 0.625. The van der Waals surface area contributed by atoms with Gasteiger partial charge in [0.25, 0.3) is 12.3 Å². The summed E-state index contributed by atoms with van der Waals surface area (Å²) in [6.45, 7) is 0.522. The Morgan fingerprint density at radius 3 is 2.74 bits per heavy atom. The first kappa shape index (κ1) is 20.9. The van der Waals surface area contributed by atoms with E-state index in [4.69, 9.17) is 0 Å². The van der Waals surface area contributed by atoms with Crippen molar-refractivity contribution in [2.24, 2.45) is 7.05 Å². The van der Waals surface area contributed by atoms with Crippen molar-refractivity contribution in [3.8, 4) is 11.3 Å². The van der Waals surface area contributed by atoms with Crippen molar-refractivity contribution in [2.75, 3.05) is 0 Å². The van der Waals surface area contributed by atoms with E-state index < -0.39 is 35.9 Å². The number of amides is 1. The Labute approximate surface area is 172 Å². The number of hydrogen-bond acceptors (Lipinski definition) is 4. The summed E-state index contributed by atoms with van der Waals surface area (Å²) in [4.78, 5) is 16.0. The molecule has 0 fully saturated rings. The zero-order chi connectivity index (χ0) is 22.3. The van der Waals surface area contributed by atoms with Gasteiger partial charge in [0, 0.05) is 31.5 Å². The second-order valence-corrected chi connectivity index (χ2v) is 7.18. The number of rotatable bonds is 4. The van der Waals surface area contributed by atoms with E-state index in [1.165, 1.54) is 19.3 Å². The zero-order valence-corrected chi connectivity index (χ0v) is 16.2. The summed E-state index contributed by atoms with van der Waals surface area (Å²) in [5, 5.41) is 10.7. The largest absolute Gasteiger partial charge is 0.433 e. The third-order valence-electron chi connectivity index (χ3n) is 4.99. The molecule has 0 aromatic carbocycles. The number of carbonyl (C=O) groups is 1. The molecule has 0 bridgehead atoms. The van der Waals surface area contributed by atoms with Crippen LogP contribution in [0.25, 0.3) is 11.3 Å². The van der Waals surface area contributed by atoms with Gasteiger partial charge in [0.15, 0.2) is 0 Å². The van der Waals surface area contributed by atoms with E-state index in [2.05, 4.69) is 20.5 Å². The Morgan fingerprint density at radius 1 is 1.26 bits per heavy atom. The van der Waals surface area contributed by atoms with E-state index >= 15 is 0 Å². The van der Waals surface area contributed by atoms with E-state index in [0.717, 1.165) is 16.9 Å². The molecule has 0 radical (unpaired) electrons. The number of aromatic nitrogens is 5. The molecule has 1 atom stereocenters. The second-order valence-electron chi connectivity index (χ2n) is 7.18. The molecule has 0 spiro atoms. The molecule has 1 aliphatic heterocycles. The molecule has 164 valence electrons. The minimum atomic E-state index is -4.59. The molecule has 1 N–H and O–H groups in total. The van der Waals surface area contributed by atoms with Gasteiger partial charge in [-0.25, -0.2) is 8.78 Å². The number of nitrogens with zero attached hydrogens (tertiary/aromatic N) is 5. The average molecular weight is 440 g/mol. The highest BCUT2D eigenvalue weighted by atomic mass is 19.4. The van der Waals surface area contributed by atoms with E-state index in [9.17, 15) is 26.7 Å². The van der Waals surface area contributed by atoms with Crippen LogP contribution >= 0.6 is 0 Å². The third-order valence-corrected chi connectivity index (χ3v) is 4.99. The maximum atomic E-state index is 13.2. The first-order valence-electron chi connectivity index (χ1n) is 9.37. The summed E-state index contributed by atoms with van der Waals surface area (Å²) in [7, 11) is 1.44. The molecule has 3 aromatic rings. The summed E-state index contributed by atoms with van der Waals surface area (Å²) in [5.41, 5.74) is -0.737. The number of hydrogen-bond donors (Lipinski definition) is 1. The van der Waals surface area contributed by atoms with Crippen LogP contribution in [-0.2, 0) is 19.8 Å². The third kappa shape index (κ3) is 4.14. The van der Waals surface area contributed by atoms with E-state index in [-0.39, 0.29) is 11.1 Å². The van der Waals surface area contributed by atoms with Gasteiger partial charge in [-0.15, -0.1) is 0 Å². The molecule has 4 rings (SSSR count). The van der Waals surface area contributed by atoms with Crippen LogP contribution in [0.3, 0.4) is 0 Å². The highest BCUT2D eigenvalue weighted by molar-refractivity contribution is 5.95. The fourth-order valence-electron chi connectivity index (χ4n) is 3.59. The SMILES string of the molecule is Cn1cc(C(=O)N[C@H]2CCCn3nc(-c4ccnc(C(F)(F)F)c4)cc32)c(C(F)F)n1. The molecule has 31 heavy (non-hydrogen) atoms. The molecule has 0 unspecified atom stereocenters. The number of aryl methyl sites for hydroxylation is 2. The van der Waals surface area contributed by atoms with Crippen LogP contribution in [0, 0.1) is 0 Å². The van der Waals surface area contributed by atoms with Crippen LogP contribution in [0.4, 0.5) is 22.0 Å². The van der Waals surface area contributed by atoms with Gasteiger partial charge in [-0.1, -0.05) is 0 Å². The summed E-state index contributed by atoms with van der Waals surface area (Å²) in [6, 6.07) is 3.39. The van der Waals surface area contributed by atoms with Gasteiger partial charge >= 0.3 is 6.18 Å². The number of alkyl halides is 5. The number of pyridine rings is 1. The number of halogens is 5. The standard InChI is InChI=1S/C19H17F5N6O/c1-29-9-11(16(28-29)17(20)21)18(31)26-12-3-2-6-30-14(12)8-13(27-30)10-4-5-25-15(7-10)19(22,23)24/h4-5,7-9,12,17H,2-3,6H2,1H3,(H,26,31)/t12-/m0/s1. The number of fused-ring (bicyclic) bond motifs is 1. The summed E-state index contributed by atoms with van der Waals surface area (Å²) in [5.74, 6) is -0.701. The average Bonchev–Trinajstić information content (AvgIpc) is 3.32. The van der Waals surface area contributed by atoms with E-state index in [1.54, 1.807) is 10.7 Å². The Bertz CT molecular complexity index is 1120. The summed E-state index contributed by atoms with van der Waals surface area (Å²) < 4.78 is 68.0. The van der Waals surface area contributed by atoms with Gasteiger partial charge in [-0.3, -0.25) is 19.1 Å². The molecular formula is C19H17F5N6O. The first-order valence-corrected chi connectivity index (χ1v) is 9.37. The van der Waals surface area contributed by atoms with Gasteiger partial charge in [0.05, 0.1) is 23.0 Å². The first-order chi connectivity index (χ1) is 14.6. The molecule has 0 saturated heterocycles. The minimum absolute atomic E-state index is 0.224. The maximum Gasteiger partial charge on any atom is 0.433 e. The van der Waals surface area contributed by atoms with Gasteiger partial charge in [0.2, 0.25) is 0 Å². The van der Waals surface area contributed by atoms with Crippen molar-refractivity contribution in [2.45, 2.75) is 38.0 Å². The van der Waals surface area contributed by atoms with Crippen LogP contribution in [0.1, 0.15) is 52.7 Å². The zero-order valence-electron chi connectivity index (χ0n) is 16.2. The van der Waals surface area contributed by atoms with Crippen molar-refractivity contribution >= 4 is 5.91 Å². The molecule has 12 heteroatoms. The predicted octanol–water partition coefficient (Wildman–Crippen LogP) is 3.90. The van der Waals surface area contributed by atoms with Crippen LogP contribution in [0.2, 0.25) is 0 Å². The molecule has 4 heterocycles.